The molecule has 1 rings (SSSR count). The highest BCUT2D eigenvalue weighted by atomic mass is 32.2. The Bertz CT molecular complexity index is 133. The van der Waals surface area contributed by atoms with Crippen molar-refractivity contribution in [1.29, 1.82) is 0 Å². The van der Waals surface area contributed by atoms with Crippen LogP contribution < -0.4 is 0 Å². The second-order valence-electron chi connectivity index (χ2n) is 1.48. The smallest absolute Gasteiger partial charge is 0.0731 e. The molecule has 0 bridgehead atoms. The van der Waals surface area contributed by atoms with Gasteiger partial charge in [0, 0.05) is 18.1 Å². The first-order valence-corrected chi connectivity index (χ1v) is 3.69. The Hall–Kier alpha value is -0.410. The van der Waals surface area contributed by atoms with Gasteiger partial charge in [-0.2, -0.15) is 4.47 Å². The van der Waals surface area contributed by atoms with Crippen molar-refractivity contribution < 1.29 is 4.84 Å². The average molecular weight is 143 g/mol. The number of rotatable bonds is 2. The van der Waals surface area contributed by atoms with Crippen molar-refractivity contribution in [1.82, 2.24) is 4.47 Å². The molecule has 3 heteroatoms. The minimum absolute atomic E-state index is 0.713. The Labute approximate surface area is 59.3 Å². The van der Waals surface area contributed by atoms with Gasteiger partial charge in [0.15, 0.2) is 0 Å². The van der Waals surface area contributed by atoms with E-state index in [0.29, 0.717) is 6.61 Å². The van der Waals surface area contributed by atoms with Crippen LogP contribution in [0.15, 0.2) is 23.8 Å². The van der Waals surface area contributed by atoms with E-state index in [4.69, 9.17) is 4.84 Å². The lowest BCUT2D eigenvalue weighted by molar-refractivity contribution is -0.0293. The summed E-state index contributed by atoms with van der Waals surface area (Å²) in [6.07, 6.45) is 5.79. The highest BCUT2D eigenvalue weighted by molar-refractivity contribution is 7.99. The maximum atomic E-state index is 5.14. The fourth-order valence-corrected chi connectivity index (χ4v) is 1.08. The summed E-state index contributed by atoms with van der Waals surface area (Å²) in [5.74, 6) is 0. The summed E-state index contributed by atoms with van der Waals surface area (Å²) >= 11 is 1.53. The molecular formula is C6H9NOS. The molecule has 1 heterocycles. The third-order valence-electron chi connectivity index (χ3n) is 0.819. The first kappa shape index (κ1) is 6.71. The third-order valence-corrected chi connectivity index (χ3v) is 1.53. The summed E-state index contributed by atoms with van der Waals surface area (Å²) in [6.45, 7) is 2.68. The minimum atomic E-state index is 0.713. The molecule has 0 amide bonds. The standard InChI is InChI=1S/C6H9NOS/c1-2-8-7-5-3-4-6-9-7/h3-6H,2H2,1H3. The van der Waals surface area contributed by atoms with Gasteiger partial charge in [-0.1, -0.05) is 6.08 Å². The van der Waals surface area contributed by atoms with Gasteiger partial charge in [-0.25, -0.2) is 0 Å². The van der Waals surface area contributed by atoms with E-state index >= 15 is 0 Å². The van der Waals surface area contributed by atoms with Crippen LogP contribution >= 0.6 is 11.9 Å². The molecule has 0 aromatic rings. The molecule has 0 aromatic heterocycles. The molecule has 0 radical (unpaired) electrons. The average Bonchev–Trinajstić information content (AvgIpc) is 1.91. The lowest BCUT2D eigenvalue weighted by Crippen LogP contribution is -2.08. The number of hydrogen-bond acceptors (Lipinski definition) is 3. The normalized spacial score (nSPS) is 16.8. The topological polar surface area (TPSA) is 12.5 Å². The fourth-order valence-electron chi connectivity index (χ4n) is 0.496. The molecule has 0 aromatic carbocycles. The van der Waals surface area contributed by atoms with Crippen molar-refractivity contribution >= 4 is 11.9 Å². The molecule has 0 saturated carbocycles. The van der Waals surface area contributed by atoms with Crippen molar-refractivity contribution in [3.8, 4) is 0 Å². The molecule has 2 nitrogen and oxygen atoms in total. The molecule has 0 fully saturated rings. The summed E-state index contributed by atoms with van der Waals surface area (Å²) < 4.78 is 1.72. The molecule has 0 spiro atoms. The van der Waals surface area contributed by atoms with E-state index in [2.05, 4.69) is 0 Å². The van der Waals surface area contributed by atoms with Gasteiger partial charge in [0.2, 0.25) is 0 Å². The van der Waals surface area contributed by atoms with Gasteiger partial charge in [0.1, 0.15) is 0 Å². The van der Waals surface area contributed by atoms with Crippen LogP contribution in [0.4, 0.5) is 0 Å². The molecule has 0 unspecified atom stereocenters. The molecule has 1 aliphatic heterocycles. The molecular weight excluding hydrogens is 134 g/mol. The number of allylic oxidation sites excluding steroid dienone is 2. The van der Waals surface area contributed by atoms with Crippen LogP contribution in [0.3, 0.4) is 0 Å². The van der Waals surface area contributed by atoms with Crippen molar-refractivity contribution in [2.75, 3.05) is 6.61 Å². The Morgan fingerprint density at radius 1 is 1.56 bits per heavy atom. The Morgan fingerprint density at radius 2 is 2.44 bits per heavy atom. The highest BCUT2D eigenvalue weighted by Gasteiger charge is 1.96. The lowest BCUT2D eigenvalue weighted by Gasteiger charge is -2.16. The Balaban J connectivity index is 2.28. The van der Waals surface area contributed by atoms with Crippen LogP contribution in [0.1, 0.15) is 6.92 Å². The van der Waals surface area contributed by atoms with Crippen molar-refractivity contribution in [3.63, 3.8) is 0 Å². The zero-order chi connectivity index (χ0) is 6.53. The summed E-state index contributed by atoms with van der Waals surface area (Å²) in [4.78, 5) is 5.14. The number of hydrogen-bond donors (Lipinski definition) is 0. The maximum absolute atomic E-state index is 5.14. The van der Waals surface area contributed by atoms with E-state index < -0.39 is 0 Å². The van der Waals surface area contributed by atoms with E-state index in [1.807, 2.05) is 30.7 Å². The summed E-state index contributed by atoms with van der Waals surface area (Å²) in [6, 6.07) is 0. The quantitative estimate of drug-likeness (QED) is 0.548. The van der Waals surface area contributed by atoms with Gasteiger partial charge < -0.3 is 0 Å². The van der Waals surface area contributed by atoms with Gasteiger partial charge in [-0.05, 0) is 18.4 Å². The minimum Gasteiger partial charge on any atom is -0.263 e. The monoisotopic (exact) mass is 143 g/mol. The van der Waals surface area contributed by atoms with Crippen molar-refractivity contribution in [2.24, 2.45) is 0 Å². The predicted molar refractivity (Wildman–Crippen MR) is 39.3 cm³/mol. The second kappa shape index (κ2) is 3.58. The van der Waals surface area contributed by atoms with E-state index in [0.717, 1.165) is 0 Å². The second-order valence-corrected chi connectivity index (χ2v) is 2.32. The van der Waals surface area contributed by atoms with Gasteiger partial charge >= 0.3 is 0 Å². The lowest BCUT2D eigenvalue weighted by atomic mass is 10.6. The number of hydroxylamine groups is 1. The fraction of sp³-hybridized carbons (Fsp3) is 0.333. The summed E-state index contributed by atoms with van der Waals surface area (Å²) in [5.41, 5.74) is 0. The van der Waals surface area contributed by atoms with Crippen LogP contribution in [0.2, 0.25) is 0 Å². The Morgan fingerprint density at radius 3 is 3.00 bits per heavy atom. The zero-order valence-corrected chi connectivity index (χ0v) is 6.10. The summed E-state index contributed by atoms with van der Waals surface area (Å²) in [5, 5.41) is 1.97. The van der Waals surface area contributed by atoms with Crippen LogP contribution in [-0.2, 0) is 4.84 Å². The highest BCUT2D eigenvalue weighted by Crippen LogP contribution is 2.15. The van der Waals surface area contributed by atoms with E-state index in [1.165, 1.54) is 11.9 Å². The predicted octanol–water partition coefficient (Wildman–Crippen LogP) is 1.93. The van der Waals surface area contributed by atoms with Gasteiger partial charge in [0.05, 0.1) is 6.61 Å². The Kier molecular flexibility index (Phi) is 2.67. The first-order valence-electron chi connectivity index (χ1n) is 2.85. The zero-order valence-electron chi connectivity index (χ0n) is 5.28. The summed E-state index contributed by atoms with van der Waals surface area (Å²) in [7, 11) is 0. The number of nitrogens with zero attached hydrogens (tertiary/aromatic N) is 1. The van der Waals surface area contributed by atoms with E-state index in [1.54, 1.807) is 4.47 Å². The maximum Gasteiger partial charge on any atom is 0.0731 e. The third kappa shape index (κ3) is 2.11. The molecule has 0 saturated heterocycles. The van der Waals surface area contributed by atoms with Gasteiger partial charge in [-0.3, -0.25) is 4.84 Å². The van der Waals surface area contributed by atoms with Crippen LogP contribution in [0, 0.1) is 0 Å². The molecule has 1 aliphatic rings. The molecule has 0 N–H and O–H groups in total. The first-order chi connectivity index (χ1) is 4.43. The largest absolute Gasteiger partial charge is 0.263 e. The van der Waals surface area contributed by atoms with E-state index in [9.17, 15) is 0 Å². The van der Waals surface area contributed by atoms with E-state index in [-0.39, 0.29) is 0 Å². The van der Waals surface area contributed by atoms with Crippen LogP contribution in [0.25, 0.3) is 0 Å². The molecule has 50 valence electrons. The molecule has 0 aliphatic carbocycles. The van der Waals surface area contributed by atoms with Crippen LogP contribution in [0.5, 0.6) is 0 Å². The SMILES string of the molecule is CCON1C=CC=CS1. The van der Waals surface area contributed by atoms with Gasteiger partial charge in [0.25, 0.3) is 0 Å². The van der Waals surface area contributed by atoms with Crippen molar-refractivity contribution in [2.45, 2.75) is 6.92 Å². The van der Waals surface area contributed by atoms with Gasteiger partial charge in [-0.15, -0.1) is 0 Å². The van der Waals surface area contributed by atoms with Crippen LogP contribution in [-0.4, -0.2) is 11.1 Å². The molecule has 9 heavy (non-hydrogen) atoms. The van der Waals surface area contributed by atoms with Crippen molar-refractivity contribution in [3.05, 3.63) is 23.8 Å². The molecule has 0 atom stereocenters.